The molecule has 0 spiro atoms. The fourth-order valence-electron chi connectivity index (χ4n) is 3.02. The molecule has 1 heterocycles. The van der Waals surface area contributed by atoms with Gasteiger partial charge < -0.3 is 4.57 Å². The van der Waals surface area contributed by atoms with Crippen LogP contribution in [0, 0.1) is 0 Å². The van der Waals surface area contributed by atoms with Crippen LogP contribution in [0.5, 0.6) is 0 Å². The van der Waals surface area contributed by atoms with Gasteiger partial charge in [0, 0.05) is 30.7 Å². The standard InChI is InChI=1S/C22H26N2O3S4/c1-28-14-12-24-19-11-10-18(31(2,26)27)15-20(19)30-22(24)23-21(25)9-6-13-29-16-17-7-4-3-5-8-17/h3-5,7-8,10-11,15H,6,9,12-14,16H2,1-2H3. The summed E-state index contributed by atoms with van der Waals surface area (Å²) in [4.78, 5) is 17.8. The van der Waals surface area contributed by atoms with Crippen LogP contribution in [0.1, 0.15) is 18.4 Å². The normalized spacial score (nSPS) is 12.5. The lowest BCUT2D eigenvalue weighted by atomic mass is 10.2. The molecule has 3 rings (SSSR count). The SMILES string of the molecule is CSCCn1c(=NC(=O)CCCSCc2ccccc2)sc2cc(S(C)(=O)=O)ccc21. The van der Waals surface area contributed by atoms with E-state index in [9.17, 15) is 13.2 Å². The van der Waals surface area contributed by atoms with Gasteiger partial charge in [-0.3, -0.25) is 4.79 Å². The van der Waals surface area contributed by atoms with Gasteiger partial charge in [-0.2, -0.15) is 28.5 Å². The molecule has 0 aliphatic carbocycles. The molecule has 31 heavy (non-hydrogen) atoms. The average molecular weight is 495 g/mol. The minimum atomic E-state index is -3.28. The zero-order valence-electron chi connectivity index (χ0n) is 17.6. The summed E-state index contributed by atoms with van der Waals surface area (Å²) in [6, 6.07) is 15.4. The molecule has 0 unspecified atom stereocenters. The quantitative estimate of drug-likeness (QED) is 0.385. The first-order valence-corrected chi connectivity index (χ1v) is 15.2. The highest BCUT2D eigenvalue weighted by molar-refractivity contribution is 7.98. The summed E-state index contributed by atoms with van der Waals surface area (Å²) >= 11 is 4.91. The Labute approximate surface area is 195 Å². The molecule has 0 fully saturated rings. The van der Waals surface area contributed by atoms with Crippen LogP contribution in [0.15, 0.2) is 58.4 Å². The summed E-state index contributed by atoms with van der Waals surface area (Å²) in [5, 5.41) is 0. The van der Waals surface area contributed by atoms with E-state index < -0.39 is 9.84 Å². The third-order valence-corrected chi connectivity index (χ3v) is 8.47. The number of hydrogen-bond donors (Lipinski definition) is 0. The van der Waals surface area contributed by atoms with Crippen molar-refractivity contribution in [2.24, 2.45) is 4.99 Å². The maximum atomic E-state index is 12.5. The third kappa shape index (κ3) is 6.97. The lowest BCUT2D eigenvalue weighted by Gasteiger charge is -2.04. The minimum absolute atomic E-state index is 0.131. The number of amides is 1. The van der Waals surface area contributed by atoms with Crippen molar-refractivity contribution in [2.45, 2.75) is 30.0 Å². The van der Waals surface area contributed by atoms with E-state index in [1.807, 2.05) is 46.9 Å². The highest BCUT2D eigenvalue weighted by Gasteiger charge is 2.13. The maximum absolute atomic E-state index is 12.5. The fourth-order valence-corrected chi connectivity index (χ4v) is 6.14. The van der Waals surface area contributed by atoms with Gasteiger partial charge in [0.2, 0.25) is 5.91 Å². The molecule has 166 valence electrons. The van der Waals surface area contributed by atoms with Gasteiger partial charge in [0.25, 0.3) is 0 Å². The average Bonchev–Trinajstić information content (AvgIpc) is 3.08. The molecule has 0 radical (unpaired) electrons. The first-order chi connectivity index (χ1) is 14.9. The Morgan fingerprint density at radius 2 is 1.90 bits per heavy atom. The fraction of sp³-hybridized carbons (Fsp3) is 0.364. The van der Waals surface area contributed by atoms with Gasteiger partial charge in [-0.1, -0.05) is 41.7 Å². The largest absolute Gasteiger partial charge is 0.316 e. The molecule has 0 aliphatic rings. The first kappa shape index (κ1) is 24.1. The van der Waals surface area contributed by atoms with Crippen LogP contribution in [-0.4, -0.2) is 42.9 Å². The summed E-state index contributed by atoms with van der Waals surface area (Å²) in [7, 11) is -3.28. The minimum Gasteiger partial charge on any atom is -0.316 e. The van der Waals surface area contributed by atoms with Crippen molar-refractivity contribution < 1.29 is 13.2 Å². The summed E-state index contributed by atoms with van der Waals surface area (Å²) < 4.78 is 26.6. The van der Waals surface area contributed by atoms with E-state index in [-0.39, 0.29) is 10.8 Å². The lowest BCUT2D eigenvalue weighted by Crippen LogP contribution is -2.18. The lowest BCUT2D eigenvalue weighted by molar-refractivity contribution is -0.118. The number of nitrogens with zero attached hydrogens (tertiary/aromatic N) is 2. The second kappa shape index (κ2) is 11.4. The Hall–Kier alpha value is -1.55. The van der Waals surface area contributed by atoms with E-state index in [2.05, 4.69) is 17.1 Å². The molecular weight excluding hydrogens is 469 g/mol. The molecule has 0 bridgehead atoms. The van der Waals surface area contributed by atoms with Crippen molar-refractivity contribution in [1.29, 1.82) is 0 Å². The van der Waals surface area contributed by atoms with Gasteiger partial charge in [0.05, 0.1) is 15.1 Å². The number of benzene rings is 2. The van der Waals surface area contributed by atoms with Crippen LogP contribution in [0.4, 0.5) is 0 Å². The van der Waals surface area contributed by atoms with E-state index in [1.54, 1.807) is 23.9 Å². The Balaban J connectivity index is 1.70. The molecule has 1 aromatic heterocycles. The summed E-state index contributed by atoms with van der Waals surface area (Å²) in [6.07, 6.45) is 4.43. The molecule has 9 heteroatoms. The van der Waals surface area contributed by atoms with Crippen LogP contribution < -0.4 is 4.80 Å². The summed E-state index contributed by atoms with van der Waals surface area (Å²) in [5.74, 6) is 2.61. The van der Waals surface area contributed by atoms with Crippen LogP contribution >= 0.6 is 34.9 Å². The zero-order chi connectivity index (χ0) is 22.3. The van der Waals surface area contributed by atoms with Crippen LogP contribution in [0.3, 0.4) is 0 Å². The van der Waals surface area contributed by atoms with Crippen molar-refractivity contribution in [1.82, 2.24) is 4.57 Å². The monoisotopic (exact) mass is 494 g/mol. The molecule has 3 aromatic rings. The van der Waals surface area contributed by atoms with E-state index in [1.165, 1.54) is 23.2 Å². The molecule has 0 N–H and O–H groups in total. The number of rotatable bonds is 10. The number of aromatic nitrogens is 1. The molecule has 0 saturated heterocycles. The highest BCUT2D eigenvalue weighted by Crippen LogP contribution is 2.22. The van der Waals surface area contributed by atoms with Crippen molar-refractivity contribution in [3.8, 4) is 0 Å². The predicted molar refractivity (Wildman–Crippen MR) is 134 cm³/mol. The van der Waals surface area contributed by atoms with Gasteiger partial charge in [0.15, 0.2) is 14.6 Å². The van der Waals surface area contributed by atoms with Crippen LogP contribution in [0.2, 0.25) is 0 Å². The Kier molecular flexibility index (Phi) is 8.83. The number of carbonyl (C=O) groups excluding carboxylic acids is 1. The number of fused-ring (bicyclic) bond motifs is 1. The predicted octanol–water partition coefficient (Wildman–Crippen LogP) is 4.61. The van der Waals surface area contributed by atoms with Gasteiger partial charge in [0.1, 0.15) is 0 Å². The number of thioether (sulfide) groups is 2. The zero-order valence-corrected chi connectivity index (χ0v) is 20.9. The van der Waals surface area contributed by atoms with E-state index in [4.69, 9.17) is 0 Å². The molecule has 5 nitrogen and oxygen atoms in total. The van der Waals surface area contributed by atoms with E-state index in [0.29, 0.717) is 11.2 Å². The van der Waals surface area contributed by atoms with E-state index >= 15 is 0 Å². The van der Waals surface area contributed by atoms with Crippen molar-refractivity contribution in [2.75, 3.05) is 24.0 Å². The molecule has 0 saturated carbocycles. The molecule has 0 aliphatic heterocycles. The van der Waals surface area contributed by atoms with Gasteiger partial charge in [-0.15, -0.1) is 0 Å². The second-order valence-corrected chi connectivity index (χ2v) is 12.2. The van der Waals surface area contributed by atoms with Gasteiger partial charge in [-0.05, 0) is 42.2 Å². The number of carbonyl (C=O) groups is 1. The topological polar surface area (TPSA) is 68.5 Å². The Morgan fingerprint density at radius 1 is 1.13 bits per heavy atom. The number of thiazole rings is 1. The first-order valence-electron chi connectivity index (χ1n) is 9.90. The summed E-state index contributed by atoms with van der Waals surface area (Å²) in [6.45, 7) is 0.721. The van der Waals surface area contributed by atoms with E-state index in [0.717, 1.165) is 40.4 Å². The Bertz CT molecular complexity index is 1200. The molecule has 2 aromatic carbocycles. The van der Waals surface area contributed by atoms with Crippen LogP contribution in [0.25, 0.3) is 10.2 Å². The maximum Gasteiger partial charge on any atom is 0.248 e. The Morgan fingerprint density at radius 3 is 2.61 bits per heavy atom. The van der Waals surface area contributed by atoms with Crippen molar-refractivity contribution in [3.63, 3.8) is 0 Å². The van der Waals surface area contributed by atoms with Crippen molar-refractivity contribution >= 4 is 60.8 Å². The molecule has 1 amide bonds. The molecular formula is C22H26N2O3S4. The third-order valence-electron chi connectivity index (χ3n) is 4.61. The molecule has 0 atom stereocenters. The smallest absolute Gasteiger partial charge is 0.248 e. The number of sulfone groups is 1. The van der Waals surface area contributed by atoms with Crippen LogP contribution in [-0.2, 0) is 26.9 Å². The van der Waals surface area contributed by atoms with Gasteiger partial charge in [-0.25, -0.2) is 8.42 Å². The number of aryl methyl sites for hydroxylation is 1. The van der Waals surface area contributed by atoms with Crippen molar-refractivity contribution in [3.05, 3.63) is 58.9 Å². The van der Waals surface area contributed by atoms with Gasteiger partial charge >= 0.3 is 0 Å². The second-order valence-electron chi connectivity index (χ2n) is 7.08. The number of hydrogen-bond acceptors (Lipinski definition) is 6. The summed E-state index contributed by atoms with van der Waals surface area (Å²) in [5.41, 5.74) is 2.20. The highest BCUT2D eigenvalue weighted by atomic mass is 32.2.